The summed E-state index contributed by atoms with van der Waals surface area (Å²) < 4.78 is 5.67. The summed E-state index contributed by atoms with van der Waals surface area (Å²) in [5, 5.41) is 13.4. The van der Waals surface area contributed by atoms with E-state index in [1.54, 1.807) is 0 Å². The summed E-state index contributed by atoms with van der Waals surface area (Å²) >= 11 is 0. The molecule has 1 aliphatic heterocycles. The van der Waals surface area contributed by atoms with Crippen LogP contribution in [0.2, 0.25) is 0 Å². The molecule has 2 unspecified atom stereocenters. The second-order valence-electron chi connectivity index (χ2n) is 12.0. The molecule has 190 valence electrons. The average Bonchev–Trinajstić information content (AvgIpc) is 3.68. The molecule has 1 aromatic rings. The minimum atomic E-state index is -1.11. The Balaban J connectivity index is 1.37. The molecule has 0 radical (unpaired) electrons. The molecule has 2 saturated carbocycles. The number of rotatable bonds is 12. The smallest absolute Gasteiger partial charge is 0.0975 e. The highest BCUT2D eigenvalue weighted by Crippen LogP contribution is 2.43. The first-order valence-electron chi connectivity index (χ1n) is 13.0. The zero-order chi connectivity index (χ0) is 24.7. The molecule has 1 aromatic heterocycles. The van der Waals surface area contributed by atoms with Gasteiger partial charge in [-0.3, -0.25) is 4.72 Å². The van der Waals surface area contributed by atoms with Crippen LogP contribution in [0.1, 0.15) is 83.9 Å². The van der Waals surface area contributed by atoms with Crippen LogP contribution in [-0.2, 0) is 0 Å². The lowest BCUT2D eigenvalue weighted by Gasteiger charge is -2.39. The molecule has 4 rings (SSSR count). The van der Waals surface area contributed by atoms with Crippen LogP contribution in [-0.4, -0.2) is 62.6 Å². The normalized spacial score (nSPS) is 24.3. The summed E-state index contributed by atoms with van der Waals surface area (Å²) in [5.74, 6) is 9.87. The molecular formula is C27H46N6S. The summed E-state index contributed by atoms with van der Waals surface area (Å²) in [5.41, 5.74) is 3.32. The molecule has 1 saturated heterocycles. The highest BCUT2D eigenvalue weighted by Gasteiger charge is 2.40. The maximum Gasteiger partial charge on any atom is 0.0975 e. The van der Waals surface area contributed by atoms with Crippen molar-refractivity contribution < 1.29 is 0 Å². The number of nitrogens with one attached hydrogen (secondary N) is 2. The maximum absolute atomic E-state index is 4.62. The first-order chi connectivity index (χ1) is 16.0. The van der Waals surface area contributed by atoms with E-state index in [0.29, 0.717) is 11.8 Å². The Bertz CT molecular complexity index is 993. The van der Waals surface area contributed by atoms with Crippen LogP contribution in [0.3, 0.4) is 0 Å². The van der Waals surface area contributed by atoms with E-state index in [4.69, 9.17) is 0 Å². The summed E-state index contributed by atoms with van der Waals surface area (Å²) in [6, 6.07) is 0.313. The third-order valence-electron chi connectivity index (χ3n) is 7.46. The summed E-state index contributed by atoms with van der Waals surface area (Å²) in [7, 11) is -1.11. The maximum atomic E-state index is 4.62. The van der Waals surface area contributed by atoms with Crippen LogP contribution in [0.4, 0.5) is 0 Å². The molecule has 2 N–H and O–H groups in total. The zero-order valence-electron chi connectivity index (χ0n) is 21.9. The first kappa shape index (κ1) is 25.4. The molecule has 3 aliphatic rings. The Kier molecular flexibility index (Phi) is 7.26. The number of allylic oxidation sites excluding steroid dienone is 1. The van der Waals surface area contributed by atoms with Gasteiger partial charge in [-0.05, 0) is 49.9 Å². The van der Waals surface area contributed by atoms with Gasteiger partial charge in [0.1, 0.15) is 0 Å². The van der Waals surface area contributed by atoms with Crippen LogP contribution in [0.15, 0.2) is 30.7 Å². The monoisotopic (exact) mass is 486 g/mol. The van der Waals surface area contributed by atoms with E-state index in [2.05, 4.69) is 88.7 Å². The molecule has 7 heteroatoms. The molecule has 0 amide bonds. The molecule has 0 spiro atoms. The zero-order valence-corrected chi connectivity index (χ0v) is 22.7. The van der Waals surface area contributed by atoms with Gasteiger partial charge >= 0.3 is 0 Å². The molecule has 34 heavy (non-hydrogen) atoms. The van der Waals surface area contributed by atoms with Crippen molar-refractivity contribution in [2.75, 3.05) is 19.6 Å². The van der Waals surface area contributed by atoms with Gasteiger partial charge in [0.15, 0.2) is 0 Å². The van der Waals surface area contributed by atoms with E-state index in [1.807, 2.05) is 0 Å². The van der Waals surface area contributed by atoms with Gasteiger partial charge in [-0.1, -0.05) is 57.8 Å². The predicted molar refractivity (Wildman–Crippen MR) is 149 cm³/mol. The van der Waals surface area contributed by atoms with Crippen LogP contribution >= 0.6 is 9.39 Å². The first-order valence-corrected chi connectivity index (χ1v) is 15.0. The summed E-state index contributed by atoms with van der Waals surface area (Å²) in [6.07, 6.45) is 9.34. The van der Waals surface area contributed by atoms with Gasteiger partial charge in [-0.2, -0.15) is 9.39 Å². The molecule has 6 nitrogen and oxygen atoms in total. The second-order valence-corrected chi connectivity index (χ2v) is 14.9. The van der Waals surface area contributed by atoms with Crippen molar-refractivity contribution in [1.29, 1.82) is 0 Å². The minimum absolute atomic E-state index is 0.0266. The number of nitrogens with zero attached hydrogens (tertiary/aromatic N) is 4. The van der Waals surface area contributed by atoms with Crippen molar-refractivity contribution in [3.05, 3.63) is 36.4 Å². The quantitative estimate of drug-likeness (QED) is 0.328. The topological polar surface area (TPSA) is 58.0 Å². The fourth-order valence-electron chi connectivity index (χ4n) is 5.25. The van der Waals surface area contributed by atoms with E-state index < -0.39 is 9.39 Å². The van der Waals surface area contributed by atoms with Crippen molar-refractivity contribution in [3.8, 4) is 0 Å². The van der Waals surface area contributed by atoms with Gasteiger partial charge in [-0.15, -0.1) is 5.10 Å². The van der Waals surface area contributed by atoms with Crippen molar-refractivity contribution in [2.45, 2.75) is 89.5 Å². The summed E-state index contributed by atoms with van der Waals surface area (Å²) in [4.78, 5) is 2.47. The van der Waals surface area contributed by atoms with Crippen molar-refractivity contribution >= 4 is 21.1 Å². The van der Waals surface area contributed by atoms with Crippen LogP contribution in [0, 0.1) is 11.3 Å². The Hall–Kier alpha value is -1.73. The Labute approximate surface area is 207 Å². The van der Waals surface area contributed by atoms with E-state index in [1.165, 1.54) is 25.7 Å². The lowest BCUT2D eigenvalue weighted by molar-refractivity contribution is 0.194. The molecule has 0 bridgehead atoms. The number of likely N-dealkylation sites (tertiary alicyclic amines) is 1. The number of hydrogen-bond acceptors (Lipinski definition) is 5. The van der Waals surface area contributed by atoms with Gasteiger partial charge < -0.3 is 10.2 Å². The molecule has 0 aromatic carbocycles. The molecular weight excluding hydrogens is 440 g/mol. The third-order valence-corrected chi connectivity index (χ3v) is 9.99. The third kappa shape index (κ3) is 5.91. The fraction of sp³-hybridized carbons (Fsp3) is 0.704. The minimum Gasteiger partial charge on any atom is -0.387 e. The molecule has 3 atom stereocenters. The fourth-order valence-corrected chi connectivity index (χ4v) is 7.08. The second kappa shape index (κ2) is 9.73. The summed E-state index contributed by atoms with van der Waals surface area (Å²) in [6.45, 7) is 21.1. The molecule has 2 aliphatic carbocycles. The van der Waals surface area contributed by atoms with E-state index in [9.17, 15) is 0 Å². The number of hydrogen-bond donors (Lipinski definition) is 2. The van der Waals surface area contributed by atoms with Crippen LogP contribution < -0.4 is 10.0 Å². The average molecular weight is 487 g/mol. The lowest BCUT2D eigenvalue weighted by Crippen LogP contribution is -2.40. The van der Waals surface area contributed by atoms with Crippen LogP contribution in [0.5, 0.6) is 0 Å². The van der Waals surface area contributed by atoms with Gasteiger partial charge in [0.2, 0.25) is 0 Å². The Morgan fingerprint density at radius 1 is 1.18 bits per heavy atom. The van der Waals surface area contributed by atoms with E-state index >= 15 is 0 Å². The van der Waals surface area contributed by atoms with Gasteiger partial charge in [0.05, 0.1) is 17.8 Å². The number of aromatic nitrogens is 3. The van der Waals surface area contributed by atoms with Crippen molar-refractivity contribution in [2.24, 2.45) is 11.3 Å². The van der Waals surface area contributed by atoms with Crippen LogP contribution in [0.25, 0.3) is 0 Å². The Morgan fingerprint density at radius 3 is 2.50 bits per heavy atom. The standard InChI is InChI=1S/C27H46N6S/c1-19-16-25(20(2)28-14-9-15-29-34(7,8)23-12-13-23)32(17-19)21(3)26(27(4,5)6)33-18-24(30-31-33)22-10-11-22/h18-19,22-23,25-26,28-29H,2-3,7-17H2,1,4-6H3/t19-,25?,26?/m1/s1. The largest absolute Gasteiger partial charge is 0.387 e. The van der Waals surface area contributed by atoms with E-state index in [-0.39, 0.29) is 17.5 Å². The van der Waals surface area contributed by atoms with Gasteiger partial charge in [0.25, 0.3) is 0 Å². The Morgan fingerprint density at radius 2 is 1.88 bits per heavy atom. The molecule has 2 heterocycles. The highest BCUT2D eigenvalue weighted by molar-refractivity contribution is 8.26. The SMILES string of the molecule is C=C(NCCCNS(=C)(=C)C1CC1)C1C[C@@H](C)CN1C(=C)C(n1cc(C2CC2)nn1)C(C)(C)C. The highest BCUT2D eigenvalue weighted by atomic mass is 32.2. The molecule has 3 fully saturated rings. The van der Waals surface area contributed by atoms with Gasteiger partial charge in [-0.25, -0.2) is 4.68 Å². The van der Waals surface area contributed by atoms with Crippen molar-refractivity contribution in [3.63, 3.8) is 0 Å². The van der Waals surface area contributed by atoms with E-state index in [0.717, 1.165) is 54.8 Å². The lowest BCUT2D eigenvalue weighted by atomic mass is 9.84. The van der Waals surface area contributed by atoms with Crippen molar-refractivity contribution in [1.82, 2.24) is 29.9 Å². The predicted octanol–water partition coefficient (Wildman–Crippen LogP) is 4.80. The van der Waals surface area contributed by atoms with Gasteiger partial charge in [0, 0.05) is 48.4 Å².